The third kappa shape index (κ3) is 2.72. The van der Waals surface area contributed by atoms with Crippen molar-refractivity contribution in [3.05, 3.63) is 34.6 Å². The quantitative estimate of drug-likeness (QED) is 0.853. The number of nitrogens with zero attached hydrogens (tertiary/aromatic N) is 5. The van der Waals surface area contributed by atoms with E-state index in [1.165, 1.54) is 11.7 Å². The third-order valence-corrected chi connectivity index (χ3v) is 4.28. The Kier molecular flexibility index (Phi) is 3.77. The van der Waals surface area contributed by atoms with E-state index in [1.807, 2.05) is 13.1 Å². The molecule has 0 unspecified atom stereocenters. The highest BCUT2D eigenvalue weighted by molar-refractivity contribution is 6.99. The number of hydrogen-bond donors (Lipinski definition) is 0. The van der Waals surface area contributed by atoms with Crippen LogP contribution in [-0.2, 0) is 6.54 Å². The van der Waals surface area contributed by atoms with Gasteiger partial charge < -0.3 is 4.90 Å². The van der Waals surface area contributed by atoms with Crippen molar-refractivity contribution >= 4 is 17.5 Å². The maximum Gasteiger partial charge on any atom is 0.256 e. The maximum absolute atomic E-state index is 12.0. The fraction of sp³-hybridized carbons (Fsp3) is 0.538. The van der Waals surface area contributed by atoms with Crippen molar-refractivity contribution in [2.24, 2.45) is 5.92 Å². The monoisotopic (exact) mass is 291 g/mol. The molecule has 1 aliphatic heterocycles. The van der Waals surface area contributed by atoms with Crippen molar-refractivity contribution in [2.45, 2.75) is 26.3 Å². The van der Waals surface area contributed by atoms with Crippen molar-refractivity contribution in [2.75, 3.05) is 18.0 Å². The zero-order chi connectivity index (χ0) is 13.9. The van der Waals surface area contributed by atoms with Gasteiger partial charge in [0.1, 0.15) is 0 Å². The van der Waals surface area contributed by atoms with Crippen LogP contribution in [0.1, 0.15) is 18.4 Å². The maximum atomic E-state index is 12.0. The highest BCUT2D eigenvalue weighted by Crippen LogP contribution is 2.22. The molecular weight excluding hydrogens is 274 g/mol. The standard InChI is InChI=1S/C13H17N5OS/c1-10-6-14-9-18(13(10)19)8-11-2-4-17(5-3-11)12-7-15-20-16-12/h6-7,9,11H,2-5,8H2,1H3. The van der Waals surface area contributed by atoms with Crippen LogP contribution < -0.4 is 10.5 Å². The molecule has 0 radical (unpaired) electrons. The SMILES string of the molecule is Cc1cncn(CC2CCN(c3cnsn3)CC2)c1=O. The van der Waals surface area contributed by atoms with Crippen LogP contribution in [0.2, 0.25) is 0 Å². The van der Waals surface area contributed by atoms with E-state index >= 15 is 0 Å². The lowest BCUT2D eigenvalue weighted by Gasteiger charge is -2.31. The largest absolute Gasteiger partial charge is 0.354 e. The number of aryl methyl sites for hydroxylation is 1. The van der Waals surface area contributed by atoms with Crippen molar-refractivity contribution in [1.82, 2.24) is 18.3 Å². The van der Waals surface area contributed by atoms with Crippen LogP contribution in [0, 0.1) is 12.8 Å². The van der Waals surface area contributed by atoms with Gasteiger partial charge in [0, 0.05) is 31.4 Å². The molecule has 1 saturated heterocycles. The lowest BCUT2D eigenvalue weighted by atomic mass is 9.97. The van der Waals surface area contributed by atoms with Gasteiger partial charge >= 0.3 is 0 Å². The van der Waals surface area contributed by atoms with Gasteiger partial charge in [-0.25, -0.2) is 4.98 Å². The fourth-order valence-corrected chi connectivity index (χ4v) is 3.05. The average molecular weight is 291 g/mol. The Hall–Kier alpha value is -1.76. The molecule has 6 nitrogen and oxygen atoms in total. The van der Waals surface area contributed by atoms with Crippen LogP contribution in [0.3, 0.4) is 0 Å². The molecule has 2 aromatic heterocycles. The molecule has 0 aliphatic carbocycles. The van der Waals surface area contributed by atoms with Gasteiger partial charge in [0.05, 0.1) is 24.3 Å². The minimum atomic E-state index is 0.0751. The molecule has 20 heavy (non-hydrogen) atoms. The summed E-state index contributed by atoms with van der Waals surface area (Å²) < 4.78 is 10.0. The number of anilines is 1. The second-order valence-electron chi connectivity index (χ2n) is 5.23. The summed E-state index contributed by atoms with van der Waals surface area (Å²) in [5, 5.41) is 0. The summed E-state index contributed by atoms with van der Waals surface area (Å²) in [5.41, 5.74) is 0.782. The molecule has 2 aromatic rings. The minimum Gasteiger partial charge on any atom is -0.354 e. The van der Waals surface area contributed by atoms with Gasteiger partial charge in [0.25, 0.3) is 5.56 Å². The molecule has 1 fully saturated rings. The zero-order valence-electron chi connectivity index (χ0n) is 11.4. The van der Waals surface area contributed by atoms with E-state index in [2.05, 4.69) is 18.6 Å². The smallest absolute Gasteiger partial charge is 0.256 e. The Morgan fingerprint density at radius 1 is 1.35 bits per heavy atom. The van der Waals surface area contributed by atoms with E-state index in [0.29, 0.717) is 11.5 Å². The van der Waals surface area contributed by atoms with Crippen LogP contribution >= 0.6 is 11.7 Å². The number of rotatable bonds is 3. The molecule has 0 spiro atoms. The van der Waals surface area contributed by atoms with Crippen LogP contribution in [-0.4, -0.2) is 31.4 Å². The summed E-state index contributed by atoms with van der Waals surface area (Å²) >= 11 is 1.24. The number of hydrogen-bond acceptors (Lipinski definition) is 6. The van der Waals surface area contributed by atoms with Gasteiger partial charge in [-0.3, -0.25) is 9.36 Å². The average Bonchev–Trinajstić information content (AvgIpc) is 2.99. The van der Waals surface area contributed by atoms with Crippen molar-refractivity contribution in [3.8, 4) is 0 Å². The highest BCUT2D eigenvalue weighted by Gasteiger charge is 2.21. The first-order chi connectivity index (χ1) is 9.74. The lowest BCUT2D eigenvalue weighted by Crippen LogP contribution is -2.36. The van der Waals surface area contributed by atoms with Gasteiger partial charge in [-0.15, -0.1) is 0 Å². The van der Waals surface area contributed by atoms with Crippen LogP contribution in [0.15, 0.2) is 23.5 Å². The molecule has 0 saturated carbocycles. The second kappa shape index (κ2) is 5.70. The molecule has 1 aliphatic rings. The summed E-state index contributed by atoms with van der Waals surface area (Å²) in [7, 11) is 0. The Labute approximate surface area is 121 Å². The Morgan fingerprint density at radius 3 is 2.85 bits per heavy atom. The molecule has 0 N–H and O–H groups in total. The number of aromatic nitrogens is 4. The number of piperidine rings is 1. The highest BCUT2D eigenvalue weighted by atomic mass is 32.1. The minimum absolute atomic E-state index is 0.0751. The van der Waals surface area contributed by atoms with Crippen molar-refractivity contribution in [1.29, 1.82) is 0 Å². The van der Waals surface area contributed by atoms with E-state index in [1.54, 1.807) is 17.1 Å². The van der Waals surface area contributed by atoms with Crippen LogP contribution in [0.4, 0.5) is 5.82 Å². The Bertz CT molecular complexity index is 616. The Morgan fingerprint density at radius 2 is 2.15 bits per heavy atom. The fourth-order valence-electron chi connectivity index (χ4n) is 2.61. The molecule has 0 aromatic carbocycles. The van der Waals surface area contributed by atoms with Crippen molar-refractivity contribution in [3.63, 3.8) is 0 Å². The Balaban J connectivity index is 1.61. The molecule has 0 atom stereocenters. The normalized spacial score (nSPS) is 16.6. The summed E-state index contributed by atoms with van der Waals surface area (Å²) in [4.78, 5) is 18.4. The second-order valence-corrected chi connectivity index (χ2v) is 5.79. The molecule has 0 bridgehead atoms. The predicted molar refractivity (Wildman–Crippen MR) is 78.1 cm³/mol. The zero-order valence-corrected chi connectivity index (χ0v) is 12.2. The van der Waals surface area contributed by atoms with Gasteiger partial charge in [0.2, 0.25) is 0 Å². The summed E-state index contributed by atoms with van der Waals surface area (Å²) in [6.45, 7) is 4.52. The van der Waals surface area contributed by atoms with E-state index < -0.39 is 0 Å². The van der Waals surface area contributed by atoms with Gasteiger partial charge in [-0.1, -0.05) is 0 Å². The molecule has 106 valence electrons. The predicted octanol–water partition coefficient (Wildman–Crippen LogP) is 1.32. The first-order valence-corrected chi connectivity index (χ1v) is 7.50. The topological polar surface area (TPSA) is 63.9 Å². The van der Waals surface area contributed by atoms with E-state index in [4.69, 9.17) is 0 Å². The van der Waals surface area contributed by atoms with Gasteiger partial charge in [-0.2, -0.15) is 8.75 Å². The first-order valence-electron chi connectivity index (χ1n) is 6.77. The van der Waals surface area contributed by atoms with E-state index in [9.17, 15) is 4.79 Å². The van der Waals surface area contributed by atoms with Crippen LogP contribution in [0.25, 0.3) is 0 Å². The third-order valence-electron chi connectivity index (χ3n) is 3.82. The van der Waals surface area contributed by atoms with Crippen LogP contribution in [0.5, 0.6) is 0 Å². The molecule has 7 heteroatoms. The summed E-state index contributed by atoms with van der Waals surface area (Å²) in [5.74, 6) is 1.50. The molecular formula is C13H17N5OS. The molecule has 0 amide bonds. The summed E-state index contributed by atoms with van der Waals surface area (Å²) in [6, 6.07) is 0. The molecule has 3 rings (SSSR count). The van der Waals surface area contributed by atoms with Crippen molar-refractivity contribution < 1.29 is 0 Å². The van der Waals surface area contributed by atoms with Gasteiger partial charge in [-0.05, 0) is 25.7 Å². The van der Waals surface area contributed by atoms with E-state index in [0.717, 1.165) is 38.3 Å². The molecule has 3 heterocycles. The summed E-state index contributed by atoms with van der Waals surface area (Å²) in [6.07, 6.45) is 7.22. The lowest BCUT2D eigenvalue weighted by molar-refractivity contribution is 0.350. The van der Waals surface area contributed by atoms with Gasteiger partial charge in [0.15, 0.2) is 5.82 Å². The van der Waals surface area contributed by atoms with E-state index in [-0.39, 0.29) is 5.56 Å². The first kappa shape index (κ1) is 13.2.